The van der Waals surface area contributed by atoms with Gasteiger partial charge < -0.3 is 5.32 Å². The first-order valence-electron chi connectivity index (χ1n) is 7.47. The van der Waals surface area contributed by atoms with E-state index in [2.05, 4.69) is 10.4 Å². The number of amides is 1. The monoisotopic (exact) mass is 359 g/mol. The minimum absolute atomic E-state index is 0.245. The van der Waals surface area contributed by atoms with Crippen LogP contribution in [0, 0.1) is 0 Å². The van der Waals surface area contributed by atoms with Gasteiger partial charge in [-0.3, -0.25) is 4.79 Å². The van der Waals surface area contributed by atoms with Crippen LogP contribution in [-0.2, 0) is 6.42 Å². The van der Waals surface area contributed by atoms with Crippen LogP contribution in [0.3, 0.4) is 0 Å². The minimum Gasteiger partial charge on any atom is -0.352 e. The van der Waals surface area contributed by atoms with E-state index in [1.165, 1.54) is 0 Å². The Kier molecular flexibility index (Phi) is 5.18. The second kappa shape index (κ2) is 7.51. The molecule has 0 bridgehead atoms. The fourth-order valence-corrected chi connectivity index (χ4v) is 2.67. The second-order valence-corrected chi connectivity index (χ2v) is 6.06. The van der Waals surface area contributed by atoms with Crippen LogP contribution in [0.2, 0.25) is 10.0 Å². The molecular weight excluding hydrogens is 345 g/mol. The zero-order chi connectivity index (χ0) is 16.9. The lowest BCUT2D eigenvalue weighted by Gasteiger charge is -2.06. The number of carbonyl (C=O) groups excluding carboxylic acids is 1. The third-order valence-electron chi connectivity index (χ3n) is 3.50. The first kappa shape index (κ1) is 16.6. The quantitative estimate of drug-likeness (QED) is 0.743. The Hall–Kier alpha value is -2.30. The van der Waals surface area contributed by atoms with Gasteiger partial charge in [-0.15, -0.1) is 0 Å². The summed E-state index contributed by atoms with van der Waals surface area (Å²) in [6.45, 7) is 0.466. The summed E-state index contributed by atoms with van der Waals surface area (Å²) in [5.74, 6) is -0.245. The van der Waals surface area contributed by atoms with Crippen molar-refractivity contribution < 1.29 is 4.79 Å². The molecule has 0 unspecified atom stereocenters. The average molecular weight is 360 g/mol. The van der Waals surface area contributed by atoms with Crippen LogP contribution < -0.4 is 5.32 Å². The molecule has 1 N–H and O–H groups in total. The maximum absolute atomic E-state index is 12.2. The van der Waals surface area contributed by atoms with Crippen LogP contribution in [0.5, 0.6) is 0 Å². The van der Waals surface area contributed by atoms with Crippen molar-refractivity contribution in [1.29, 1.82) is 0 Å². The highest BCUT2D eigenvalue weighted by atomic mass is 35.5. The summed E-state index contributed by atoms with van der Waals surface area (Å²) < 4.78 is 1.81. The molecule has 0 atom stereocenters. The number of benzene rings is 2. The molecule has 0 aliphatic carbocycles. The molecule has 0 fully saturated rings. The third kappa shape index (κ3) is 3.96. The number of aromatic nitrogens is 2. The first-order valence-corrected chi connectivity index (χ1v) is 8.22. The van der Waals surface area contributed by atoms with Gasteiger partial charge in [0, 0.05) is 24.2 Å². The molecule has 3 aromatic rings. The molecule has 24 heavy (non-hydrogen) atoms. The second-order valence-electron chi connectivity index (χ2n) is 5.22. The van der Waals surface area contributed by atoms with Crippen molar-refractivity contribution in [2.45, 2.75) is 6.42 Å². The van der Waals surface area contributed by atoms with Crippen LogP contribution in [0.25, 0.3) is 5.69 Å². The third-order valence-corrected chi connectivity index (χ3v) is 4.07. The molecule has 3 rings (SSSR count). The fourth-order valence-electron chi connectivity index (χ4n) is 2.29. The number of para-hydroxylation sites is 1. The Morgan fingerprint density at radius 2 is 1.88 bits per heavy atom. The Morgan fingerprint density at radius 3 is 2.67 bits per heavy atom. The molecular formula is C18H15Cl2N3O. The molecule has 0 saturated carbocycles. The zero-order valence-electron chi connectivity index (χ0n) is 12.7. The van der Waals surface area contributed by atoms with Gasteiger partial charge in [0.05, 0.1) is 22.0 Å². The van der Waals surface area contributed by atoms with Gasteiger partial charge in [0.1, 0.15) is 0 Å². The normalized spacial score (nSPS) is 10.6. The maximum Gasteiger partial charge on any atom is 0.252 e. The van der Waals surface area contributed by atoms with Gasteiger partial charge in [-0.2, -0.15) is 5.10 Å². The van der Waals surface area contributed by atoms with Gasteiger partial charge in [-0.05, 0) is 36.4 Å². The SMILES string of the molecule is O=C(NCCc1ccn(-c2ccccc2)n1)c1cc(Cl)ccc1Cl. The molecule has 0 saturated heterocycles. The smallest absolute Gasteiger partial charge is 0.252 e. The van der Waals surface area contributed by atoms with Gasteiger partial charge in [0.15, 0.2) is 0 Å². The largest absolute Gasteiger partial charge is 0.352 e. The van der Waals surface area contributed by atoms with Crippen LogP contribution >= 0.6 is 23.2 Å². The lowest BCUT2D eigenvalue weighted by Crippen LogP contribution is -2.26. The van der Waals surface area contributed by atoms with Gasteiger partial charge >= 0.3 is 0 Å². The van der Waals surface area contributed by atoms with E-state index >= 15 is 0 Å². The van der Waals surface area contributed by atoms with Crippen molar-refractivity contribution in [3.05, 3.63) is 82.1 Å². The van der Waals surface area contributed by atoms with Gasteiger partial charge in [-0.25, -0.2) is 4.68 Å². The molecule has 0 aliphatic heterocycles. The molecule has 0 radical (unpaired) electrons. The number of nitrogens with zero attached hydrogens (tertiary/aromatic N) is 2. The highest BCUT2D eigenvalue weighted by molar-refractivity contribution is 6.35. The van der Waals surface area contributed by atoms with E-state index in [0.717, 1.165) is 11.4 Å². The Balaban J connectivity index is 1.58. The predicted octanol–water partition coefficient (Wildman–Crippen LogP) is 4.15. The molecule has 2 aromatic carbocycles. The summed E-state index contributed by atoms with van der Waals surface area (Å²) in [4.78, 5) is 12.2. The molecule has 1 heterocycles. The van der Waals surface area contributed by atoms with Crippen molar-refractivity contribution in [2.75, 3.05) is 6.54 Å². The number of hydrogen-bond donors (Lipinski definition) is 1. The van der Waals surface area contributed by atoms with E-state index in [0.29, 0.717) is 28.6 Å². The molecule has 6 heteroatoms. The Bertz CT molecular complexity index is 846. The lowest BCUT2D eigenvalue weighted by atomic mass is 10.2. The number of carbonyl (C=O) groups is 1. The highest BCUT2D eigenvalue weighted by Crippen LogP contribution is 2.20. The minimum atomic E-state index is -0.245. The molecule has 1 aromatic heterocycles. The van der Waals surface area contributed by atoms with Gasteiger partial charge in [0.2, 0.25) is 0 Å². The average Bonchev–Trinajstić information content (AvgIpc) is 3.06. The van der Waals surface area contributed by atoms with Crippen LogP contribution in [0.15, 0.2) is 60.8 Å². The number of hydrogen-bond acceptors (Lipinski definition) is 2. The van der Waals surface area contributed by atoms with Crippen molar-refractivity contribution in [3.8, 4) is 5.69 Å². The summed E-state index contributed by atoms with van der Waals surface area (Å²) in [5.41, 5.74) is 2.27. The summed E-state index contributed by atoms with van der Waals surface area (Å²) in [5, 5.41) is 8.19. The summed E-state index contributed by atoms with van der Waals surface area (Å²) in [6.07, 6.45) is 2.53. The first-order chi connectivity index (χ1) is 11.6. The summed E-state index contributed by atoms with van der Waals surface area (Å²) in [6, 6.07) is 16.6. The van der Waals surface area contributed by atoms with E-state index < -0.39 is 0 Å². The van der Waals surface area contributed by atoms with Crippen molar-refractivity contribution in [1.82, 2.24) is 15.1 Å². The number of rotatable bonds is 5. The fraction of sp³-hybridized carbons (Fsp3) is 0.111. The molecule has 4 nitrogen and oxygen atoms in total. The van der Waals surface area contributed by atoms with E-state index in [4.69, 9.17) is 23.2 Å². The van der Waals surface area contributed by atoms with Crippen LogP contribution in [0.4, 0.5) is 0 Å². The van der Waals surface area contributed by atoms with E-state index in [9.17, 15) is 4.79 Å². The Morgan fingerprint density at radius 1 is 1.08 bits per heavy atom. The van der Waals surface area contributed by atoms with E-state index in [-0.39, 0.29) is 5.91 Å². The molecule has 1 amide bonds. The van der Waals surface area contributed by atoms with E-state index in [1.807, 2.05) is 47.3 Å². The van der Waals surface area contributed by atoms with Crippen molar-refractivity contribution in [3.63, 3.8) is 0 Å². The molecule has 0 aliphatic rings. The van der Waals surface area contributed by atoms with Crippen molar-refractivity contribution >= 4 is 29.1 Å². The topological polar surface area (TPSA) is 46.9 Å². The zero-order valence-corrected chi connectivity index (χ0v) is 14.3. The molecule has 0 spiro atoms. The standard InChI is InChI=1S/C18H15Cl2N3O/c19-13-6-7-17(20)16(12-13)18(24)21-10-8-14-9-11-23(22-14)15-4-2-1-3-5-15/h1-7,9,11-12H,8,10H2,(H,21,24). The number of halogens is 2. The summed E-state index contributed by atoms with van der Waals surface area (Å²) in [7, 11) is 0. The van der Waals surface area contributed by atoms with Crippen molar-refractivity contribution in [2.24, 2.45) is 0 Å². The number of nitrogens with one attached hydrogen (secondary N) is 1. The van der Waals surface area contributed by atoms with Crippen LogP contribution in [-0.4, -0.2) is 22.2 Å². The highest BCUT2D eigenvalue weighted by Gasteiger charge is 2.10. The van der Waals surface area contributed by atoms with Gasteiger partial charge in [-0.1, -0.05) is 41.4 Å². The lowest BCUT2D eigenvalue weighted by molar-refractivity contribution is 0.0954. The summed E-state index contributed by atoms with van der Waals surface area (Å²) >= 11 is 11.9. The maximum atomic E-state index is 12.2. The van der Waals surface area contributed by atoms with Gasteiger partial charge in [0.25, 0.3) is 5.91 Å². The van der Waals surface area contributed by atoms with Crippen LogP contribution in [0.1, 0.15) is 16.1 Å². The Labute approximate surface area is 150 Å². The van der Waals surface area contributed by atoms with E-state index in [1.54, 1.807) is 18.2 Å². The predicted molar refractivity (Wildman–Crippen MR) is 96.1 cm³/mol. The molecule has 122 valence electrons.